The predicted octanol–water partition coefficient (Wildman–Crippen LogP) is 3.27. The summed E-state index contributed by atoms with van der Waals surface area (Å²) in [5.74, 6) is -2.35. The molecule has 0 radical (unpaired) electrons. The van der Waals surface area contributed by atoms with Gasteiger partial charge in [-0.1, -0.05) is 18.2 Å². The molecule has 1 aliphatic rings. The van der Waals surface area contributed by atoms with Crippen molar-refractivity contribution in [1.29, 1.82) is 0 Å². The third-order valence-electron chi connectivity index (χ3n) is 4.11. The lowest BCUT2D eigenvalue weighted by atomic mass is 10.3. The quantitative estimate of drug-likeness (QED) is 0.785. The average molecular weight is 315 g/mol. The van der Waals surface area contributed by atoms with Crippen molar-refractivity contribution >= 4 is 16.9 Å². The summed E-state index contributed by atoms with van der Waals surface area (Å²) in [7, 11) is 0. The molecule has 0 saturated heterocycles. The molecule has 2 aromatic heterocycles. The Morgan fingerprint density at radius 1 is 1.22 bits per heavy atom. The standard InChI is InChI=1S/C16H15F2N5/c17-16(18)8-11(16)6-7-19-14-13-9-22-23(15(13)21-10-20-14)12-4-2-1-3-5-12/h1-5,9-11H,6-8H2,(H,19,20,21). The molecule has 2 heterocycles. The van der Waals surface area contributed by atoms with Crippen LogP contribution in [-0.2, 0) is 0 Å². The van der Waals surface area contributed by atoms with E-state index in [9.17, 15) is 8.78 Å². The highest BCUT2D eigenvalue weighted by Crippen LogP contribution is 2.50. The normalized spacial score (nSPS) is 19.0. The molecule has 7 heteroatoms. The van der Waals surface area contributed by atoms with E-state index in [1.807, 2.05) is 30.3 Å². The van der Waals surface area contributed by atoms with Gasteiger partial charge in [0.2, 0.25) is 0 Å². The van der Waals surface area contributed by atoms with Gasteiger partial charge in [0, 0.05) is 18.9 Å². The van der Waals surface area contributed by atoms with E-state index in [1.54, 1.807) is 10.9 Å². The molecule has 1 aromatic carbocycles. The monoisotopic (exact) mass is 315 g/mol. The molecule has 23 heavy (non-hydrogen) atoms. The zero-order valence-corrected chi connectivity index (χ0v) is 12.3. The Balaban J connectivity index is 1.56. The number of hydrogen-bond acceptors (Lipinski definition) is 4. The Hall–Kier alpha value is -2.57. The number of rotatable bonds is 5. The minimum absolute atomic E-state index is 0.000194. The Labute approximate surface area is 131 Å². The third-order valence-corrected chi connectivity index (χ3v) is 4.11. The van der Waals surface area contributed by atoms with Crippen LogP contribution in [0.15, 0.2) is 42.9 Å². The Bertz CT molecular complexity index is 831. The highest BCUT2D eigenvalue weighted by Gasteiger charge is 2.55. The average Bonchev–Trinajstić information content (AvgIpc) is 2.97. The number of halogens is 2. The van der Waals surface area contributed by atoms with E-state index in [0.717, 1.165) is 11.1 Å². The number of hydrogen-bond donors (Lipinski definition) is 1. The molecule has 0 spiro atoms. The summed E-state index contributed by atoms with van der Waals surface area (Å²) in [6.45, 7) is 0.461. The Morgan fingerprint density at radius 2 is 2.00 bits per heavy atom. The van der Waals surface area contributed by atoms with Crippen molar-refractivity contribution in [2.24, 2.45) is 5.92 Å². The largest absolute Gasteiger partial charge is 0.369 e. The van der Waals surface area contributed by atoms with Crippen molar-refractivity contribution in [3.63, 3.8) is 0 Å². The van der Waals surface area contributed by atoms with Crippen molar-refractivity contribution in [2.75, 3.05) is 11.9 Å². The topological polar surface area (TPSA) is 55.6 Å². The molecular weight excluding hydrogens is 300 g/mol. The first-order valence-electron chi connectivity index (χ1n) is 7.51. The van der Waals surface area contributed by atoms with Gasteiger partial charge in [-0.25, -0.2) is 23.4 Å². The van der Waals surface area contributed by atoms with Crippen LogP contribution in [0.3, 0.4) is 0 Å². The van der Waals surface area contributed by atoms with Gasteiger partial charge in [0.05, 0.1) is 17.3 Å². The summed E-state index contributed by atoms with van der Waals surface area (Å²) < 4.78 is 27.5. The van der Waals surface area contributed by atoms with Gasteiger partial charge in [0.25, 0.3) is 5.92 Å². The van der Waals surface area contributed by atoms with Crippen molar-refractivity contribution in [3.8, 4) is 5.69 Å². The van der Waals surface area contributed by atoms with E-state index in [0.29, 0.717) is 24.4 Å². The first kappa shape index (κ1) is 14.0. The Kier molecular flexibility index (Phi) is 3.21. The fourth-order valence-electron chi connectivity index (χ4n) is 2.69. The van der Waals surface area contributed by atoms with Crippen LogP contribution in [0, 0.1) is 5.92 Å². The van der Waals surface area contributed by atoms with Crippen molar-refractivity contribution in [3.05, 3.63) is 42.9 Å². The molecule has 4 rings (SSSR count). The maximum Gasteiger partial charge on any atom is 0.251 e. The lowest BCUT2D eigenvalue weighted by molar-refractivity contribution is 0.0978. The van der Waals surface area contributed by atoms with E-state index in [1.165, 1.54) is 6.33 Å². The lowest BCUT2D eigenvalue weighted by Crippen LogP contribution is -2.07. The molecule has 3 aromatic rings. The fraction of sp³-hybridized carbons (Fsp3) is 0.312. The van der Waals surface area contributed by atoms with Crippen LogP contribution >= 0.6 is 0 Å². The molecular formula is C16H15F2N5. The summed E-state index contributed by atoms with van der Waals surface area (Å²) >= 11 is 0. The lowest BCUT2D eigenvalue weighted by Gasteiger charge is -2.06. The van der Waals surface area contributed by atoms with Gasteiger partial charge in [-0.3, -0.25) is 0 Å². The zero-order chi connectivity index (χ0) is 15.9. The molecule has 1 N–H and O–H groups in total. The van der Waals surface area contributed by atoms with Gasteiger partial charge in [-0.2, -0.15) is 5.10 Å². The summed E-state index contributed by atoms with van der Waals surface area (Å²) in [6, 6.07) is 9.68. The zero-order valence-electron chi connectivity index (χ0n) is 12.3. The molecule has 1 fully saturated rings. The maximum absolute atomic E-state index is 12.9. The molecule has 1 saturated carbocycles. The van der Waals surface area contributed by atoms with E-state index >= 15 is 0 Å². The van der Waals surface area contributed by atoms with Crippen molar-refractivity contribution in [1.82, 2.24) is 19.7 Å². The number of aromatic nitrogens is 4. The highest BCUT2D eigenvalue weighted by atomic mass is 19.3. The van der Waals surface area contributed by atoms with Crippen LogP contribution in [0.4, 0.5) is 14.6 Å². The number of benzene rings is 1. The SMILES string of the molecule is FC1(F)CC1CCNc1ncnc2c1cnn2-c1ccccc1. The fourth-order valence-corrected chi connectivity index (χ4v) is 2.69. The first-order valence-corrected chi connectivity index (χ1v) is 7.51. The van der Waals surface area contributed by atoms with E-state index in [4.69, 9.17) is 0 Å². The van der Waals surface area contributed by atoms with E-state index in [2.05, 4.69) is 20.4 Å². The Morgan fingerprint density at radius 3 is 2.74 bits per heavy atom. The van der Waals surface area contributed by atoms with Crippen LogP contribution in [0.5, 0.6) is 0 Å². The molecule has 0 aliphatic heterocycles. The van der Waals surface area contributed by atoms with Gasteiger partial charge in [0.15, 0.2) is 5.65 Å². The van der Waals surface area contributed by atoms with Gasteiger partial charge in [-0.15, -0.1) is 0 Å². The first-order chi connectivity index (χ1) is 11.1. The van der Waals surface area contributed by atoms with Crippen LogP contribution < -0.4 is 5.32 Å². The molecule has 118 valence electrons. The van der Waals surface area contributed by atoms with Crippen LogP contribution in [0.25, 0.3) is 16.7 Å². The molecule has 1 aliphatic carbocycles. The van der Waals surface area contributed by atoms with Crippen LogP contribution in [0.2, 0.25) is 0 Å². The maximum atomic E-state index is 12.9. The number of para-hydroxylation sites is 1. The van der Waals surface area contributed by atoms with E-state index < -0.39 is 11.8 Å². The second-order valence-corrected chi connectivity index (χ2v) is 5.73. The minimum Gasteiger partial charge on any atom is -0.369 e. The van der Waals surface area contributed by atoms with Gasteiger partial charge < -0.3 is 5.32 Å². The van der Waals surface area contributed by atoms with Gasteiger partial charge >= 0.3 is 0 Å². The van der Waals surface area contributed by atoms with Crippen molar-refractivity contribution < 1.29 is 8.78 Å². The number of nitrogens with one attached hydrogen (secondary N) is 1. The van der Waals surface area contributed by atoms with Crippen LogP contribution in [0.1, 0.15) is 12.8 Å². The summed E-state index contributed by atoms with van der Waals surface area (Å²) in [5, 5.41) is 8.26. The predicted molar refractivity (Wildman–Crippen MR) is 82.8 cm³/mol. The third kappa shape index (κ3) is 2.62. The number of anilines is 1. The summed E-state index contributed by atoms with van der Waals surface area (Å²) in [6.07, 6.45) is 3.58. The number of fused-ring (bicyclic) bond motifs is 1. The molecule has 0 amide bonds. The van der Waals surface area contributed by atoms with Gasteiger partial charge in [0.1, 0.15) is 12.1 Å². The molecule has 1 atom stereocenters. The summed E-state index contributed by atoms with van der Waals surface area (Å²) in [5.41, 5.74) is 1.59. The number of alkyl halides is 2. The smallest absolute Gasteiger partial charge is 0.251 e. The molecule has 5 nitrogen and oxygen atoms in total. The number of nitrogens with zero attached hydrogens (tertiary/aromatic N) is 4. The molecule has 0 bridgehead atoms. The van der Waals surface area contributed by atoms with Crippen LogP contribution in [-0.4, -0.2) is 32.2 Å². The summed E-state index contributed by atoms with van der Waals surface area (Å²) in [4.78, 5) is 8.49. The van der Waals surface area contributed by atoms with E-state index in [-0.39, 0.29) is 6.42 Å². The minimum atomic E-state index is -2.47. The second kappa shape index (κ2) is 5.26. The van der Waals surface area contributed by atoms with Gasteiger partial charge in [-0.05, 0) is 18.6 Å². The highest BCUT2D eigenvalue weighted by molar-refractivity contribution is 5.87. The molecule has 1 unspecified atom stereocenters. The second-order valence-electron chi connectivity index (χ2n) is 5.73. The van der Waals surface area contributed by atoms with Crippen molar-refractivity contribution in [2.45, 2.75) is 18.8 Å².